The Bertz CT molecular complexity index is 1010. The lowest BCUT2D eigenvalue weighted by Gasteiger charge is -2.24. The fraction of sp³-hybridized carbons (Fsp3) is 0.423. The zero-order valence-electron chi connectivity index (χ0n) is 18.9. The van der Waals surface area contributed by atoms with E-state index in [4.69, 9.17) is 9.84 Å². The molecule has 33 heavy (non-hydrogen) atoms. The number of carbonyl (C=O) groups excluding carboxylic acids is 2. The van der Waals surface area contributed by atoms with Crippen LogP contribution in [0.15, 0.2) is 48.5 Å². The molecule has 0 saturated heterocycles. The summed E-state index contributed by atoms with van der Waals surface area (Å²) in [4.78, 5) is 36.4. The highest BCUT2D eigenvalue weighted by Crippen LogP contribution is 2.44. The minimum atomic E-state index is -0.829. The number of nitrogens with one attached hydrogen (secondary N) is 2. The van der Waals surface area contributed by atoms with Crippen LogP contribution in [0.25, 0.3) is 11.1 Å². The van der Waals surface area contributed by atoms with Gasteiger partial charge in [0, 0.05) is 12.5 Å². The van der Waals surface area contributed by atoms with Crippen molar-refractivity contribution in [3.8, 4) is 11.1 Å². The molecule has 3 N–H and O–H groups in total. The SMILES string of the molecule is CC[C@H](C)[C@H](NC(=O)OCC1c2ccccc2-c2ccccc21)C(=O)NC[C@H]1C[C@H]1C(=O)O. The van der Waals surface area contributed by atoms with Crippen molar-refractivity contribution in [3.63, 3.8) is 0 Å². The Morgan fingerprint density at radius 1 is 1.06 bits per heavy atom. The Morgan fingerprint density at radius 3 is 2.21 bits per heavy atom. The summed E-state index contributed by atoms with van der Waals surface area (Å²) < 4.78 is 5.59. The number of rotatable bonds is 9. The number of ether oxygens (including phenoxy) is 1. The van der Waals surface area contributed by atoms with E-state index in [0.717, 1.165) is 22.3 Å². The number of carboxylic acids is 1. The molecule has 2 amide bonds. The van der Waals surface area contributed by atoms with E-state index in [9.17, 15) is 14.4 Å². The Kier molecular flexibility index (Phi) is 6.67. The van der Waals surface area contributed by atoms with Gasteiger partial charge in [-0.05, 0) is 40.5 Å². The van der Waals surface area contributed by atoms with E-state index in [1.165, 1.54) is 0 Å². The number of carboxylic acid groups (broad SMARTS) is 1. The highest BCUT2D eigenvalue weighted by molar-refractivity contribution is 5.86. The molecule has 2 aliphatic carbocycles. The second-order valence-corrected chi connectivity index (χ2v) is 9.02. The summed E-state index contributed by atoms with van der Waals surface area (Å²) in [6.07, 6.45) is 0.638. The molecule has 174 valence electrons. The zero-order chi connectivity index (χ0) is 23.5. The van der Waals surface area contributed by atoms with Crippen LogP contribution in [0.2, 0.25) is 0 Å². The van der Waals surface area contributed by atoms with E-state index in [-0.39, 0.29) is 36.2 Å². The smallest absolute Gasteiger partial charge is 0.407 e. The Morgan fingerprint density at radius 2 is 1.67 bits per heavy atom. The molecule has 0 unspecified atom stereocenters. The largest absolute Gasteiger partial charge is 0.481 e. The van der Waals surface area contributed by atoms with Crippen molar-refractivity contribution < 1.29 is 24.2 Å². The summed E-state index contributed by atoms with van der Waals surface area (Å²) in [7, 11) is 0. The Balaban J connectivity index is 1.36. The molecular formula is C26H30N2O5. The molecule has 2 aliphatic rings. The average molecular weight is 451 g/mol. The fourth-order valence-electron chi connectivity index (χ4n) is 4.59. The third-order valence-electron chi connectivity index (χ3n) is 6.89. The molecular weight excluding hydrogens is 420 g/mol. The summed E-state index contributed by atoms with van der Waals surface area (Å²) >= 11 is 0. The summed E-state index contributed by atoms with van der Waals surface area (Å²) in [6, 6.07) is 15.5. The molecule has 0 heterocycles. The van der Waals surface area contributed by atoms with Gasteiger partial charge >= 0.3 is 12.1 Å². The van der Waals surface area contributed by atoms with Gasteiger partial charge in [-0.2, -0.15) is 0 Å². The molecule has 2 aromatic rings. The van der Waals surface area contributed by atoms with Crippen molar-refractivity contribution in [1.82, 2.24) is 10.6 Å². The normalized spacial score (nSPS) is 20.2. The van der Waals surface area contributed by atoms with Gasteiger partial charge in [-0.1, -0.05) is 68.8 Å². The molecule has 0 bridgehead atoms. The number of carbonyl (C=O) groups is 3. The van der Waals surface area contributed by atoms with Gasteiger partial charge < -0.3 is 20.5 Å². The Labute approximate surface area is 193 Å². The maximum atomic E-state index is 12.7. The van der Waals surface area contributed by atoms with Gasteiger partial charge in [0.05, 0.1) is 5.92 Å². The summed E-state index contributed by atoms with van der Waals surface area (Å²) in [6.45, 7) is 4.32. The maximum absolute atomic E-state index is 12.7. The first-order valence-electron chi connectivity index (χ1n) is 11.5. The highest BCUT2D eigenvalue weighted by Gasteiger charge is 2.43. The molecule has 0 aromatic heterocycles. The molecule has 2 aromatic carbocycles. The molecule has 7 heteroatoms. The number of benzene rings is 2. The lowest BCUT2D eigenvalue weighted by atomic mass is 9.98. The second kappa shape index (κ2) is 9.65. The standard InChI is InChI=1S/C26H30N2O5/c1-3-15(2)23(24(29)27-13-16-12-21(16)25(30)31)28-26(32)33-14-22-19-10-6-4-8-17(19)18-9-5-7-11-20(18)22/h4-11,15-16,21-23H,3,12-14H2,1-2H3,(H,27,29)(H,28,32)(H,30,31)/t15-,16+,21+,23-/m0/s1. The predicted molar refractivity (Wildman–Crippen MR) is 124 cm³/mol. The van der Waals surface area contributed by atoms with Crippen LogP contribution in [0.1, 0.15) is 43.7 Å². The quantitative estimate of drug-likeness (QED) is 0.539. The van der Waals surface area contributed by atoms with Crippen molar-refractivity contribution in [3.05, 3.63) is 59.7 Å². The van der Waals surface area contributed by atoms with Gasteiger partial charge in [-0.25, -0.2) is 4.79 Å². The number of aliphatic carboxylic acids is 1. The van der Waals surface area contributed by atoms with E-state index in [0.29, 0.717) is 19.4 Å². The first-order valence-corrected chi connectivity index (χ1v) is 11.5. The molecule has 0 radical (unpaired) electrons. The maximum Gasteiger partial charge on any atom is 0.407 e. The molecule has 4 rings (SSSR count). The van der Waals surface area contributed by atoms with Crippen molar-refractivity contribution in [1.29, 1.82) is 0 Å². The highest BCUT2D eigenvalue weighted by atomic mass is 16.5. The van der Waals surface area contributed by atoms with Crippen LogP contribution >= 0.6 is 0 Å². The molecule has 1 fully saturated rings. The number of hydrogen-bond donors (Lipinski definition) is 3. The second-order valence-electron chi connectivity index (χ2n) is 9.02. The number of alkyl carbamates (subject to hydrolysis) is 1. The first kappa shape index (κ1) is 22.8. The molecule has 7 nitrogen and oxygen atoms in total. The minimum absolute atomic E-state index is 0.0431. The van der Waals surface area contributed by atoms with Gasteiger partial charge in [-0.3, -0.25) is 9.59 Å². The summed E-state index contributed by atoms with van der Waals surface area (Å²) in [5.74, 6) is -1.72. The van der Waals surface area contributed by atoms with E-state index in [2.05, 4.69) is 34.9 Å². The Hall–Kier alpha value is -3.35. The summed E-state index contributed by atoms with van der Waals surface area (Å²) in [5.41, 5.74) is 4.55. The minimum Gasteiger partial charge on any atom is -0.481 e. The van der Waals surface area contributed by atoms with Gasteiger partial charge in [0.2, 0.25) is 5.91 Å². The lowest BCUT2D eigenvalue weighted by molar-refractivity contribution is -0.139. The average Bonchev–Trinajstić information content (AvgIpc) is 3.55. The van der Waals surface area contributed by atoms with Gasteiger partial charge in [0.1, 0.15) is 12.6 Å². The van der Waals surface area contributed by atoms with E-state index < -0.39 is 18.1 Å². The van der Waals surface area contributed by atoms with E-state index >= 15 is 0 Å². The lowest BCUT2D eigenvalue weighted by Crippen LogP contribution is -2.50. The number of amides is 2. The van der Waals surface area contributed by atoms with Crippen LogP contribution in [-0.4, -0.2) is 42.3 Å². The van der Waals surface area contributed by atoms with E-state index in [1.807, 2.05) is 38.1 Å². The van der Waals surface area contributed by atoms with Crippen molar-refractivity contribution in [2.75, 3.05) is 13.2 Å². The van der Waals surface area contributed by atoms with Crippen LogP contribution in [0.5, 0.6) is 0 Å². The van der Waals surface area contributed by atoms with E-state index in [1.54, 1.807) is 0 Å². The number of hydrogen-bond acceptors (Lipinski definition) is 4. The first-order chi connectivity index (χ1) is 15.9. The molecule has 0 spiro atoms. The predicted octanol–water partition coefficient (Wildman–Crippen LogP) is 3.78. The third-order valence-corrected chi connectivity index (χ3v) is 6.89. The van der Waals surface area contributed by atoms with Gasteiger partial charge in [0.15, 0.2) is 0 Å². The van der Waals surface area contributed by atoms with Crippen LogP contribution < -0.4 is 10.6 Å². The zero-order valence-corrected chi connectivity index (χ0v) is 18.9. The topological polar surface area (TPSA) is 105 Å². The molecule has 1 saturated carbocycles. The summed E-state index contributed by atoms with van der Waals surface area (Å²) in [5, 5.41) is 14.6. The van der Waals surface area contributed by atoms with Crippen LogP contribution in [0, 0.1) is 17.8 Å². The third kappa shape index (κ3) is 4.87. The van der Waals surface area contributed by atoms with Crippen molar-refractivity contribution in [2.45, 2.75) is 38.6 Å². The molecule has 4 atom stereocenters. The van der Waals surface area contributed by atoms with Crippen LogP contribution in [0.3, 0.4) is 0 Å². The molecule has 0 aliphatic heterocycles. The van der Waals surface area contributed by atoms with Crippen LogP contribution in [-0.2, 0) is 14.3 Å². The van der Waals surface area contributed by atoms with Crippen molar-refractivity contribution in [2.24, 2.45) is 17.8 Å². The van der Waals surface area contributed by atoms with Gasteiger partial charge in [0.25, 0.3) is 0 Å². The van der Waals surface area contributed by atoms with Crippen LogP contribution in [0.4, 0.5) is 4.79 Å². The fourth-order valence-corrected chi connectivity index (χ4v) is 4.59. The van der Waals surface area contributed by atoms with Crippen molar-refractivity contribution >= 4 is 18.0 Å². The number of fused-ring (bicyclic) bond motifs is 3. The van der Waals surface area contributed by atoms with Gasteiger partial charge in [-0.15, -0.1) is 0 Å². The monoisotopic (exact) mass is 450 g/mol.